The summed E-state index contributed by atoms with van der Waals surface area (Å²) in [6, 6.07) is 0.0368. The van der Waals surface area contributed by atoms with E-state index in [2.05, 4.69) is 12.2 Å². The maximum atomic E-state index is 12.5. The fraction of sp³-hybridized carbons (Fsp3) is 0.929. The van der Waals surface area contributed by atoms with Gasteiger partial charge in [0.2, 0.25) is 5.91 Å². The van der Waals surface area contributed by atoms with Crippen LogP contribution < -0.4 is 11.1 Å². The van der Waals surface area contributed by atoms with E-state index in [4.69, 9.17) is 5.73 Å². The number of amides is 1. The summed E-state index contributed by atoms with van der Waals surface area (Å²) in [6.07, 6.45) is 9.02. The third kappa shape index (κ3) is 2.49. The summed E-state index contributed by atoms with van der Waals surface area (Å²) < 4.78 is 0. The average Bonchev–Trinajstić information content (AvgIpc) is 2.61. The molecule has 2 aliphatic carbocycles. The van der Waals surface area contributed by atoms with Crippen LogP contribution in [0.25, 0.3) is 0 Å². The number of hydrogen-bond acceptors (Lipinski definition) is 2. The summed E-state index contributed by atoms with van der Waals surface area (Å²) in [7, 11) is 0. The highest BCUT2D eigenvalue weighted by atomic mass is 16.2. The Kier molecular flexibility index (Phi) is 3.48. The Balaban J connectivity index is 2.00. The van der Waals surface area contributed by atoms with Crippen LogP contribution in [0, 0.1) is 5.41 Å². The minimum Gasteiger partial charge on any atom is -0.350 e. The lowest BCUT2D eigenvalue weighted by Crippen LogP contribution is -2.55. The van der Waals surface area contributed by atoms with Crippen molar-refractivity contribution in [3.63, 3.8) is 0 Å². The van der Waals surface area contributed by atoms with Crippen molar-refractivity contribution < 1.29 is 4.79 Å². The molecule has 2 unspecified atom stereocenters. The van der Waals surface area contributed by atoms with E-state index in [0.29, 0.717) is 0 Å². The number of nitrogens with one attached hydrogen (secondary N) is 1. The van der Waals surface area contributed by atoms with Crippen LogP contribution >= 0.6 is 0 Å². The first kappa shape index (κ1) is 12.9. The molecule has 0 aromatic heterocycles. The molecule has 3 N–H and O–H groups in total. The minimum atomic E-state index is -0.333. The molecule has 98 valence electrons. The SMILES string of the molecule is CC1(NC(=O)C2(C)CCCC2N)CCCCC1. The van der Waals surface area contributed by atoms with E-state index in [1.807, 2.05) is 6.92 Å². The topological polar surface area (TPSA) is 55.1 Å². The van der Waals surface area contributed by atoms with E-state index in [-0.39, 0.29) is 22.9 Å². The van der Waals surface area contributed by atoms with Crippen molar-refractivity contribution in [1.29, 1.82) is 0 Å². The highest BCUT2D eigenvalue weighted by molar-refractivity contribution is 5.84. The highest BCUT2D eigenvalue weighted by Gasteiger charge is 2.44. The molecule has 3 nitrogen and oxygen atoms in total. The van der Waals surface area contributed by atoms with Crippen LogP contribution in [0.3, 0.4) is 0 Å². The fourth-order valence-electron chi connectivity index (χ4n) is 3.35. The third-order valence-electron chi connectivity index (χ3n) is 4.92. The molecule has 0 spiro atoms. The number of rotatable bonds is 2. The van der Waals surface area contributed by atoms with Crippen LogP contribution in [0.2, 0.25) is 0 Å². The average molecular weight is 238 g/mol. The van der Waals surface area contributed by atoms with Crippen LogP contribution in [0.15, 0.2) is 0 Å². The Morgan fingerprint density at radius 1 is 1.12 bits per heavy atom. The predicted octanol–water partition coefficient (Wildman–Crippen LogP) is 2.34. The molecule has 1 amide bonds. The van der Waals surface area contributed by atoms with Crippen molar-refractivity contribution in [2.45, 2.75) is 76.8 Å². The Morgan fingerprint density at radius 2 is 1.76 bits per heavy atom. The van der Waals surface area contributed by atoms with E-state index >= 15 is 0 Å². The number of carbonyl (C=O) groups excluding carboxylic acids is 1. The Labute approximate surface area is 105 Å². The summed E-state index contributed by atoms with van der Waals surface area (Å²) in [5, 5.41) is 3.29. The molecule has 2 atom stereocenters. The first-order chi connectivity index (χ1) is 7.96. The van der Waals surface area contributed by atoms with E-state index in [9.17, 15) is 4.79 Å². The largest absolute Gasteiger partial charge is 0.350 e. The summed E-state index contributed by atoms with van der Waals surface area (Å²) in [4.78, 5) is 12.5. The Bertz CT molecular complexity index is 297. The summed E-state index contributed by atoms with van der Waals surface area (Å²) in [5.74, 6) is 0.187. The molecule has 2 fully saturated rings. The van der Waals surface area contributed by atoms with E-state index in [1.165, 1.54) is 19.3 Å². The van der Waals surface area contributed by atoms with Crippen LogP contribution in [0.5, 0.6) is 0 Å². The second kappa shape index (κ2) is 4.60. The van der Waals surface area contributed by atoms with E-state index < -0.39 is 0 Å². The van der Waals surface area contributed by atoms with Crippen LogP contribution in [0.1, 0.15) is 65.2 Å². The van der Waals surface area contributed by atoms with Crippen molar-refractivity contribution in [2.24, 2.45) is 11.1 Å². The lowest BCUT2D eigenvalue weighted by Gasteiger charge is -2.38. The van der Waals surface area contributed by atoms with Gasteiger partial charge in [-0.15, -0.1) is 0 Å². The van der Waals surface area contributed by atoms with Crippen LogP contribution in [-0.4, -0.2) is 17.5 Å². The van der Waals surface area contributed by atoms with Gasteiger partial charge < -0.3 is 11.1 Å². The first-order valence-electron chi connectivity index (χ1n) is 7.05. The zero-order valence-electron chi connectivity index (χ0n) is 11.2. The molecule has 0 radical (unpaired) electrons. The van der Waals surface area contributed by atoms with Gasteiger partial charge >= 0.3 is 0 Å². The minimum absolute atomic E-state index is 0.0145. The molecule has 0 aromatic carbocycles. The lowest BCUT2D eigenvalue weighted by atomic mass is 9.79. The molecule has 3 heteroatoms. The number of carbonyl (C=O) groups is 1. The maximum absolute atomic E-state index is 12.5. The van der Waals surface area contributed by atoms with Gasteiger partial charge in [0.05, 0.1) is 5.41 Å². The zero-order valence-corrected chi connectivity index (χ0v) is 11.2. The van der Waals surface area contributed by atoms with E-state index in [0.717, 1.165) is 32.1 Å². The smallest absolute Gasteiger partial charge is 0.227 e. The quantitative estimate of drug-likeness (QED) is 0.776. The van der Waals surface area contributed by atoms with Crippen molar-refractivity contribution in [1.82, 2.24) is 5.32 Å². The van der Waals surface area contributed by atoms with Gasteiger partial charge in [-0.2, -0.15) is 0 Å². The highest BCUT2D eigenvalue weighted by Crippen LogP contribution is 2.38. The molecule has 0 bridgehead atoms. The molecule has 17 heavy (non-hydrogen) atoms. The van der Waals surface area contributed by atoms with Crippen LogP contribution in [0.4, 0.5) is 0 Å². The maximum Gasteiger partial charge on any atom is 0.227 e. The molecule has 2 aliphatic rings. The molecular weight excluding hydrogens is 212 g/mol. The molecule has 0 heterocycles. The van der Waals surface area contributed by atoms with Gasteiger partial charge in [0, 0.05) is 11.6 Å². The van der Waals surface area contributed by atoms with Crippen molar-refractivity contribution in [3.05, 3.63) is 0 Å². The van der Waals surface area contributed by atoms with Gasteiger partial charge in [-0.1, -0.05) is 25.7 Å². The van der Waals surface area contributed by atoms with Gasteiger partial charge in [-0.3, -0.25) is 4.79 Å². The predicted molar refractivity (Wildman–Crippen MR) is 69.6 cm³/mol. The van der Waals surface area contributed by atoms with Crippen molar-refractivity contribution >= 4 is 5.91 Å². The molecule has 2 saturated carbocycles. The van der Waals surface area contributed by atoms with Gasteiger partial charge in [-0.05, 0) is 39.5 Å². The standard InChI is InChI=1S/C14H26N2O/c1-13(8-4-3-5-9-13)16-12(17)14(2)10-6-7-11(14)15/h11H,3-10,15H2,1-2H3,(H,16,17). The normalized spacial score (nSPS) is 36.8. The Morgan fingerprint density at radius 3 is 2.29 bits per heavy atom. The fourth-order valence-corrected chi connectivity index (χ4v) is 3.35. The lowest BCUT2D eigenvalue weighted by molar-refractivity contribution is -0.132. The number of hydrogen-bond donors (Lipinski definition) is 2. The summed E-state index contributed by atoms with van der Waals surface area (Å²) >= 11 is 0. The van der Waals surface area contributed by atoms with Crippen LogP contribution in [-0.2, 0) is 4.79 Å². The molecular formula is C14H26N2O. The Hall–Kier alpha value is -0.570. The van der Waals surface area contributed by atoms with Gasteiger partial charge in [0.1, 0.15) is 0 Å². The van der Waals surface area contributed by atoms with Gasteiger partial charge in [0.25, 0.3) is 0 Å². The van der Waals surface area contributed by atoms with Gasteiger partial charge in [0.15, 0.2) is 0 Å². The van der Waals surface area contributed by atoms with Crippen molar-refractivity contribution in [2.75, 3.05) is 0 Å². The monoisotopic (exact) mass is 238 g/mol. The van der Waals surface area contributed by atoms with Crippen molar-refractivity contribution in [3.8, 4) is 0 Å². The third-order valence-corrected chi connectivity index (χ3v) is 4.92. The zero-order chi connectivity index (χ0) is 12.5. The first-order valence-corrected chi connectivity index (χ1v) is 7.05. The summed E-state index contributed by atoms with van der Waals surface area (Å²) in [6.45, 7) is 4.22. The molecule has 0 saturated heterocycles. The second-order valence-electron chi connectivity index (χ2n) is 6.49. The number of nitrogens with two attached hydrogens (primary N) is 1. The molecule has 0 aliphatic heterocycles. The van der Waals surface area contributed by atoms with E-state index in [1.54, 1.807) is 0 Å². The molecule has 2 rings (SSSR count). The molecule has 0 aromatic rings. The summed E-state index contributed by atoms with van der Waals surface area (Å²) in [5.41, 5.74) is 5.78. The second-order valence-corrected chi connectivity index (χ2v) is 6.49. The van der Waals surface area contributed by atoms with Gasteiger partial charge in [-0.25, -0.2) is 0 Å².